The molecular formula is C9H16ClNO3. The van der Waals surface area contributed by atoms with Gasteiger partial charge in [0.05, 0.1) is 13.2 Å². The second-order valence-electron chi connectivity index (χ2n) is 3.11. The third kappa shape index (κ3) is 4.60. The number of hydrogen-bond acceptors (Lipinski definition) is 3. The molecule has 0 radical (unpaired) electrons. The largest absolute Gasteiger partial charge is 0.478 e. The van der Waals surface area contributed by atoms with Gasteiger partial charge in [-0.2, -0.15) is 0 Å². The highest BCUT2D eigenvalue weighted by Gasteiger charge is 2.11. The zero-order valence-corrected chi connectivity index (χ0v) is 8.89. The van der Waals surface area contributed by atoms with Crippen LogP contribution in [0.25, 0.3) is 0 Å². The van der Waals surface area contributed by atoms with Crippen molar-refractivity contribution in [2.45, 2.75) is 6.42 Å². The summed E-state index contributed by atoms with van der Waals surface area (Å²) in [6.45, 7) is 7.54. The minimum atomic E-state index is -0.895. The number of carboxylic acid groups (broad SMARTS) is 1. The van der Waals surface area contributed by atoms with Crippen LogP contribution in [0.2, 0.25) is 0 Å². The number of halogens is 1. The van der Waals surface area contributed by atoms with Gasteiger partial charge in [0.1, 0.15) is 0 Å². The molecule has 1 aliphatic heterocycles. The molecule has 0 bridgehead atoms. The average molecular weight is 222 g/mol. The van der Waals surface area contributed by atoms with Gasteiger partial charge in [0.2, 0.25) is 0 Å². The molecule has 1 saturated heterocycles. The van der Waals surface area contributed by atoms with Crippen molar-refractivity contribution in [1.29, 1.82) is 0 Å². The summed E-state index contributed by atoms with van der Waals surface area (Å²) in [5.41, 5.74) is 0.284. The number of carboxylic acids is 1. The minimum absolute atomic E-state index is 0. The van der Waals surface area contributed by atoms with Crippen molar-refractivity contribution in [1.82, 2.24) is 4.90 Å². The molecule has 14 heavy (non-hydrogen) atoms. The number of rotatable bonds is 4. The molecule has 0 aliphatic carbocycles. The Kier molecular flexibility index (Phi) is 6.53. The Morgan fingerprint density at radius 3 is 2.50 bits per heavy atom. The molecule has 0 aromatic heterocycles. The molecule has 5 heteroatoms. The van der Waals surface area contributed by atoms with Crippen LogP contribution in [0.1, 0.15) is 6.42 Å². The Hall–Kier alpha value is -0.580. The smallest absolute Gasteiger partial charge is 0.331 e. The number of nitrogens with zero attached hydrogens (tertiary/aromatic N) is 1. The normalized spacial score (nSPS) is 17.1. The second-order valence-corrected chi connectivity index (χ2v) is 3.11. The number of ether oxygens (including phenoxy) is 1. The molecule has 4 nitrogen and oxygen atoms in total. The van der Waals surface area contributed by atoms with Gasteiger partial charge in [0.15, 0.2) is 0 Å². The molecule has 1 rings (SSSR count). The number of aliphatic carboxylic acids is 1. The van der Waals surface area contributed by atoms with E-state index in [1.165, 1.54) is 0 Å². The Morgan fingerprint density at radius 2 is 2.00 bits per heavy atom. The van der Waals surface area contributed by atoms with Gasteiger partial charge in [-0.1, -0.05) is 6.58 Å². The molecule has 0 saturated carbocycles. The summed E-state index contributed by atoms with van der Waals surface area (Å²) in [4.78, 5) is 12.6. The molecule has 1 aliphatic rings. The maximum Gasteiger partial charge on any atom is 0.331 e. The predicted molar refractivity (Wildman–Crippen MR) is 55.9 cm³/mol. The minimum Gasteiger partial charge on any atom is -0.478 e. The molecule has 0 aromatic carbocycles. The topological polar surface area (TPSA) is 49.8 Å². The van der Waals surface area contributed by atoms with E-state index in [1.54, 1.807) is 0 Å². The van der Waals surface area contributed by atoms with E-state index in [0.29, 0.717) is 6.42 Å². The third-order valence-corrected chi connectivity index (χ3v) is 2.14. The first-order chi connectivity index (χ1) is 6.20. The molecule has 0 aromatic rings. The molecule has 82 valence electrons. The Bertz CT molecular complexity index is 202. The van der Waals surface area contributed by atoms with E-state index >= 15 is 0 Å². The summed E-state index contributed by atoms with van der Waals surface area (Å²) in [5, 5.41) is 8.57. The number of hydrogen-bond donors (Lipinski definition) is 1. The molecule has 1 fully saturated rings. The van der Waals surface area contributed by atoms with Crippen LogP contribution in [-0.2, 0) is 9.53 Å². The third-order valence-electron chi connectivity index (χ3n) is 2.14. The molecule has 1 heterocycles. The Labute approximate surface area is 89.9 Å². The lowest BCUT2D eigenvalue weighted by atomic mass is 10.2. The van der Waals surface area contributed by atoms with E-state index < -0.39 is 5.97 Å². The summed E-state index contributed by atoms with van der Waals surface area (Å²) >= 11 is 0. The first-order valence-electron chi connectivity index (χ1n) is 4.41. The fraction of sp³-hybridized carbons (Fsp3) is 0.667. The molecule has 0 unspecified atom stereocenters. The Balaban J connectivity index is 0.00000169. The molecule has 0 spiro atoms. The van der Waals surface area contributed by atoms with Crippen molar-refractivity contribution in [2.75, 3.05) is 32.8 Å². The van der Waals surface area contributed by atoms with E-state index in [0.717, 1.165) is 32.8 Å². The lowest BCUT2D eigenvalue weighted by molar-refractivity contribution is -0.132. The number of morpholine rings is 1. The van der Waals surface area contributed by atoms with Crippen LogP contribution in [0, 0.1) is 0 Å². The predicted octanol–water partition coefficient (Wildman–Crippen LogP) is 0.771. The van der Waals surface area contributed by atoms with Gasteiger partial charge in [-0.15, -0.1) is 12.4 Å². The average Bonchev–Trinajstić information content (AvgIpc) is 2.15. The van der Waals surface area contributed by atoms with Crippen LogP contribution < -0.4 is 0 Å². The van der Waals surface area contributed by atoms with Crippen LogP contribution in [-0.4, -0.2) is 48.8 Å². The summed E-state index contributed by atoms with van der Waals surface area (Å²) in [6.07, 6.45) is 0.537. The maximum atomic E-state index is 10.4. The molecule has 0 atom stereocenters. The summed E-state index contributed by atoms with van der Waals surface area (Å²) in [5.74, 6) is -0.895. The van der Waals surface area contributed by atoms with Gasteiger partial charge in [-0.3, -0.25) is 4.90 Å². The second kappa shape index (κ2) is 6.81. The Morgan fingerprint density at radius 1 is 1.43 bits per heavy atom. The molecule has 1 N–H and O–H groups in total. The van der Waals surface area contributed by atoms with Crippen LogP contribution in [0.4, 0.5) is 0 Å². The van der Waals surface area contributed by atoms with Crippen molar-refractivity contribution in [3.63, 3.8) is 0 Å². The van der Waals surface area contributed by atoms with Crippen LogP contribution in [0.15, 0.2) is 12.2 Å². The highest BCUT2D eigenvalue weighted by atomic mass is 35.5. The van der Waals surface area contributed by atoms with Crippen molar-refractivity contribution >= 4 is 18.4 Å². The number of carbonyl (C=O) groups is 1. The first kappa shape index (κ1) is 13.4. The van der Waals surface area contributed by atoms with Crippen LogP contribution >= 0.6 is 12.4 Å². The zero-order chi connectivity index (χ0) is 9.68. The van der Waals surface area contributed by atoms with Crippen LogP contribution in [0.5, 0.6) is 0 Å². The monoisotopic (exact) mass is 221 g/mol. The van der Waals surface area contributed by atoms with Gasteiger partial charge < -0.3 is 9.84 Å². The highest BCUT2D eigenvalue weighted by Crippen LogP contribution is 2.03. The summed E-state index contributed by atoms with van der Waals surface area (Å²) in [7, 11) is 0. The highest BCUT2D eigenvalue weighted by molar-refractivity contribution is 5.85. The van der Waals surface area contributed by atoms with Crippen molar-refractivity contribution < 1.29 is 14.6 Å². The SMILES string of the molecule is C=C(CCN1CCOCC1)C(=O)O.Cl. The maximum absolute atomic E-state index is 10.4. The molecular weight excluding hydrogens is 206 g/mol. The fourth-order valence-corrected chi connectivity index (χ4v) is 1.22. The lowest BCUT2D eigenvalue weighted by Crippen LogP contribution is -2.37. The lowest BCUT2D eigenvalue weighted by Gasteiger charge is -2.26. The first-order valence-corrected chi connectivity index (χ1v) is 4.41. The van der Waals surface area contributed by atoms with E-state index in [2.05, 4.69) is 11.5 Å². The van der Waals surface area contributed by atoms with E-state index in [-0.39, 0.29) is 18.0 Å². The van der Waals surface area contributed by atoms with Gasteiger partial charge in [0.25, 0.3) is 0 Å². The quantitative estimate of drug-likeness (QED) is 0.713. The fourth-order valence-electron chi connectivity index (χ4n) is 1.22. The van der Waals surface area contributed by atoms with Gasteiger partial charge >= 0.3 is 5.97 Å². The van der Waals surface area contributed by atoms with E-state index in [9.17, 15) is 4.79 Å². The van der Waals surface area contributed by atoms with Crippen molar-refractivity contribution in [3.05, 3.63) is 12.2 Å². The summed E-state index contributed by atoms with van der Waals surface area (Å²) in [6, 6.07) is 0. The van der Waals surface area contributed by atoms with E-state index in [1.807, 2.05) is 0 Å². The standard InChI is InChI=1S/C9H15NO3.ClH/c1-8(9(11)12)2-3-10-4-6-13-7-5-10;/h1-7H2,(H,11,12);1H. The van der Waals surface area contributed by atoms with E-state index in [4.69, 9.17) is 9.84 Å². The van der Waals surface area contributed by atoms with Crippen molar-refractivity contribution in [3.8, 4) is 0 Å². The summed E-state index contributed by atoms with van der Waals surface area (Å²) < 4.78 is 5.17. The van der Waals surface area contributed by atoms with Gasteiger partial charge in [-0.25, -0.2) is 4.79 Å². The van der Waals surface area contributed by atoms with Crippen molar-refractivity contribution in [2.24, 2.45) is 0 Å². The zero-order valence-electron chi connectivity index (χ0n) is 8.07. The van der Waals surface area contributed by atoms with Gasteiger partial charge in [-0.05, 0) is 6.42 Å². The van der Waals surface area contributed by atoms with Crippen LogP contribution in [0.3, 0.4) is 0 Å². The van der Waals surface area contributed by atoms with Gasteiger partial charge in [0, 0.05) is 25.2 Å². The molecule has 0 amide bonds.